The second kappa shape index (κ2) is 11.4. The smallest absolute Gasteiger partial charge is 0.191 e. The first-order chi connectivity index (χ1) is 13.1. The molecule has 3 rings (SSSR count). The van der Waals surface area contributed by atoms with Crippen molar-refractivity contribution in [2.75, 3.05) is 52.5 Å². The van der Waals surface area contributed by atoms with Gasteiger partial charge in [0.15, 0.2) is 5.96 Å². The van der Waals surface area contributed by atoms with E-state index in [0.29, 0.717) is 6.54 Å². The fraction of sp³-hybridized carbons (Fsp3) is 0.750. The average Bonchev–Trinajstić information content (AvgIpc) is 3.30. The standard InChI is InChI=1S/C20H34N4O3.HI/c1-4-21-19(23-15-20(3)8-5-11-26-20)22-14-17(18-7-6-16(2)27-18)24-9-12-25-13-10-24;/h6-7,17H,4-5,8-15H2,1-3H3,(H2,21,22,23);1H. The second-order valence-electron chi connectivity index (χ2n) is 7.59. The molecular weight excluding hydrogens is 471 g/mol. The van der Waals surface area contributed by atoms with Gasteiger partial charge in [0.05, 0.1) is 31.4 Å². The van der Waals surface area contributed by atoms with E-state index >= 15 is 0 Å². The van der Waals surface area contributed by atoms with Gasteiger partial charge in [0.25, 0.3) is 0 Å². The maximum absolute atomic E-state index is 5.95. The number of furan rings is 1. The lowest BCUT2D eigenvalue weighted by molar-refractivity contribution is 0.0124. The third-order valence-corrected chi connectivity index (χ3v) is 5.26. The van der Waals surface area contributed by atoms with Crippen molar-refractivity contribution in [3.63, 3.8) is 0 Å². The number of hydrogen-bond acceptors (Lipinski definition) is 5. The van der Waals surface area contributed by atoms with Crippen LogP contribution in [0.3, 0.4) is 0 Å². The summed E-state index contributed by atoms with van der Waals surface area (Å²) in [6.45, 7) is 12.6. The Bertz CT molecular complexity index is 610. The molecule has 2 atom stereocenters. The molecule has 1 aromatic heterocycles. The topological polar surface area (TPSA) is 71.3 Å². The highest BCUT2D eigenvalue weighted by molar-refractivity contribution is 14.0. The van der Waals surface area contributed by atoms with Crippen molar-refractivity contribution < 1.29 is 13.9 Å². The molecule has 3 heterocycles. The van der Waals surface area contributed by atoms with Crippen molar-refractivity contribution in [3.05, 3.63) is 23.7 Å². The zero-order valence-electron chi connectivity index (χ0n) is 17.3. The molecule has 8 heteroatoms. The van der Waals surface area contributed by atoms with E-state index in [-0.39, 0.29) is 35.6 Å². The summed E-state index contributed by atoms with van der Waals surface area (Å²) >= 11 is 0. The lowest BCUT2D eigenvalue weighted by Crippen LogP contribution is -2.46. The molecular formula is C20H35IN4O3. The Kier molecular flexibility index (Phi) is 9.52. The molecule has 2 aliphatic heterocycles. The third kappa shape index (κ3) is 6.60. The molecule has 0 radical (unpaired) electrons. The van der Waals surface area contributed by atoms with Gasteiger partial charge in [-0.2, -0.15) is 0 Å². The molecule has 2 aliphatic rings. The lowest BCUT2D eigenvalue weighted by atomic mass is 10.0. The van der Waals surface area contributed by atoms with Crippen molar-refractivity contribution in [1.82, 2.24) is 15.5 Å². The van der Waals surface area contributed by atoms with Gasteiger partial charge in [-0.15, -0.1) is 24.0 Å². The van der Waals surface area contributed by atoms with Gasteiger partial charge < -0.3 is 24.5 Å². The molecule has 0 saturated carbocycles. The Hall–Kier alpha value is -0.840. The first-order valence-corrected chi connectivity index (χ1v) is 10.1. The number of hydrogen-bond donors (Lipinski definition) is 2. The van der Waals surface area contributed by atoms with E-state index in [1.807, 2.05) is 13.0 Å². The van der Waals surface area contributed by atoms with E-state index in [0.717, 1.165) is 76.3 Å². The summed E-state index contributed by atoms with van der Waals surface area (Å²) in [4.78, 5) is 7.20. The summed E-state index contributed by atoms with van der Waals surface area (Å²) in [5.41, 5.74) is -0.135. The summed E-state index contributed by atoms with van der Waals surface area (Å²) in [5, 5.41) is 6.86. The van der Waals surface area contributed by atoms with Crippen LogP contribution in [0.1, 0.15) is 44.3 Å². The molecule has 0 aliphatic carbocycles. The van der Waals surface area contributed by atoms with Crippen LogP contribution in [0.25, 0.3) is 0 Å². The molecule has 0 spiro atoms. The van der Waals surface area contributed by atoms with Crippen molar-refractivity contribution in [1.29, 1.82) is 0 Å². The zero-order valence-corrected chi connectivity index (χ0v) is 19.7. The highest BCUT2D eigenvalue weighted by atomic mass is 127. The molecule has 7 nitrogen and oxygen atoms in total. The maximum Gasteiger partial charge on any atom is 0.191 e. The van der Waals surface area contributed by atoms with Gasteiger partial charge >= 0.3 is 0 Å². The van der Waals surface area contributed by atoms with Crippen LogP contribution < -0.4 is 10.6 Å². The van der Waals surface area contributed by atoms with Crippen molar-refractivity contribution >= 4 is 29.9 Å². The highest BCUT2D eigenvalue weighted by Crippen LogP contribution is 2.25. The number of nitrogens with one attached hydrogen (secondary N) is 2. The quantitative estimate of drug-likeness (QED) is 0.337. The van der Waals surface area contributed by atoms with Gasteiger partial charge in [0.2, 0.25) is 0 Å². The fourth-order valence-corrected chi connectivity index (χ4v) is 3.67. The number of morpholine rings is 1. The number of aryl methyl sites for hydroxylation is 1. The minimum Gasteiger partial charge on any atom is -0.465 e. The number of halogens is 1. The highest BCUT2D eigenvalue weighted by Gasteiger charge is 2.30. The average molecular weight is 506 g/mol. The largest absolute Gasteiger partial charge is 0.465 e. The Morgan fingerprint density at radius 1 is 1.25 bits per heavy atom. The van der Waals surface area contributed by atoms with Crippen LogP contribution in [0.4, 0.5) is 0 Å². The first-order valence-electron chi connectivity index (χ1n) is 10.1. The molecule has 2 saturated heterocycles. The Labute approximate surface area is 185 Å². The summed E-state index contributed by atoms with van der Waals surface area (Å²) in [6.07, 6.45) is 2.19. The summed E-state index contributed by atoms with van der Waals surface area (Å²) in [5.74, 6) is 2.76. The van der Waals surface area contributed by atoms with Gasteiger partial charge in [-0.1, -0.05) is 0 Å². The zero-order chi connectivity index (χ0) is 19.1. The predicted octanol–water partition coefficient (Wildman–Crippen LogP) is 2.70. The van der Waals surface area contributed by atoms with Gasteiger partial charge in [0, 0.05) is 32.8 Å². The minimum absolute atomic E-state index is 0. The van der Waals surface area contributed by atoms with Gasteiger partial charge in [-0.05, 0) is 45.7 Å². The number of rotatable bonds is 7. The number of ether oxygens (including phenoxy) is 2. The second-order valence-corrected chi connectivity index (χ2v) is 7.59. The van der Waals surface area contributed by atoms with Crippen LogP contribution in [-0.2, 0) is 9.47 Å². The molecule has 0 aromatic carbocycles. The van der Waals surface area contributed by atoms with E-state index < -0.39 is 0 Å². The van der Waals surface area contributed by atoms with Gasteiger partial charge in [-0.3, -0.25) is 9.89 Å². The summed E-state index contributed by atoms with van der Waals surface area (Å²) in [6, 6.07) is 4.26. The molecule has 0 bridgehead atoms. The van der Waals surface area contributed by atoms with Gasteiger partial charge in [0.1, 0.15) is 11.5 Å². The third-order valence-electron chi connectivity index (χ3n) is 5.26. The van der Waals surface area contributed by atoms with Crippen molar-refractivity contribution in [2.45, 2.75) is 45.3 Å². The lowest BCUT2D eigenvalue weighted by Gasteiger charge is -2.33. The SMILES string of the molecule is CCNC(=NCC1(C)CCCO1)NCC(c1ccc(C)o1)N1CCOCC1.I. The van der Waals surface area contributed by atoms with Crippen LogP contribution in [0.15, 0.2) is 21.5 Å². The number of nitrogens with zero attached hydrogens (tertiary/aromatic N) is 2. The minimum atomic E-state index is -0.135. The normalized spacial score (nSPS) is 24.6. The molecule has 2 N–H and O–H groups in total. The van der Waals surface area contributed by atoms with E-state index in [4.69, 9.17) is 18.9 Å². The predicted molar refractivity (Wildman–Crippen MR) is 122 cm³/mol. The van der Waals surface area contributed by atoms with Crippen LogP contribution in [0, 0.1) is 6.92 Å². The number of aliphatic imine (C=N–C) groups is 1. The first kappa shape index (κ1) is 23.4. The molecule has 0 amide bonds. The fourth-order valence-electron chi connectivity index (χ4n) is 3.67. The van der Waals surface area contributed by atoms with Crippen molar-refractivity contribution in [3.8, 4) is 0 Å². The summed E-state index contributed by atoms with van der Waals surface area (Å²) in [7, 11) is 0. The molecule has 1 aromatic rings. The van der Waals surface area contributed by atoms with Crippen molar-refractivity contribution in [2.24, 2.45) is 4.99 Å². The monoisotopic (exact) mass is 506 g/mol. The number of guanidine groups is 1. The molecule has 160 valence electrons. The molecule has 28 heavy (non-hydrogen) atoms. The van der Waals surface area contributed by atoms with Gasteiger partial charge in [-0.25, -0.2) is 0 Å². The van der Waals surface area contributed by atoms with Crippen LogP contribution in [-0.4, -0.2) is 69.0 Å². The molecule has 2 fully saturated rings. The summed E-state index contributed by atoms with van der Waals surface area (Å²) < 4.78 is 17.3. The van der Waals surface area contributed by atoms with Crippen LogP contribution in [0.5, 0.6) is 0 Å². The van der Waals surface area contributed by atoms with E-state index in [1.165, 1.54) is 0 Å². The Morgan fingerprint density at radius 3 is 2.64 bits per heavy atom. The maximum atomic E-state index is 5.95. The Balaban J connectivity index is 0.00000280. The van der Waals surface area contributed by atoms with E-state index in [2.05, 4.69) is 35.4 Å². The van der Waals surface area contributed by atoms with E-state index in [9.17, 15) is 0 Å². The van der Waals surface area contributed by atoms with Crippen LogP contribution in [0.2, 0.25) is 0 Å². The Morgan fingerprint density at radius 2 is 2.04 bits per heavy atom. The molecule has 2 unspecified atom stereocenters. The van der Waals surface area contributed by atoms with E-state index in [1.54, 1.807) is 0 Å². The van der Waals surface area contributed by atoms with Crippen LogP contribution >= 0.6 is 24.0 Å².